The van der Waals surface area contributed by atoms with Crippen molar-refractivity contribution >= 4 is 11.6 Å². The van der Waals surface area contributed by atoms with Gasteiger partial charge in [-0.2, -0.15) is 13.2 Å². The van der Waals surface area contributed by atoms with Gasteiger partial charge in [0.25, 0.3) is 0 Å². The summed E-state index contributed by atoms with van der Waals surface area (Å²) >= 11 is 6.12. The lowest BCUT2D eigenvalue weighted by Gasteiger charge is -2.39. The van der Waals surface area contributed by atoms with Crippen LogP contribution < -0.4 is 0 Å². The highest BCUT2D eigenvalue weighted by atomic mass is 35.5. The van der Waals surface area contributed by atoms with E-state index >= 15 is 0 Å². The quantitative estimate of drug-likeness (QED) is 0.599. The van der Waals surface area contributed by atoms with Crippen molar-refractivity contribution in [2.45, 2.75) is 26.1 Å². The lowest BCUT2D eigenvalue weighted by molar-refractivity contribution is -0.0882. The van der Waals surface area contributed by atoms with E-state index in [2.05, 4.69) is 22.9 Å². The van der Waals surface area contributed by atoms with Crippen molar-refractivity contribution < 1.29 is 13.2 Å². The summed E-state index contributed by atoms with van der Waals surface area (Å²) in [6.07, 6.45) is 2.50. The zero-order valence-electron chi connectivity index (χ0n) is 15.9. The fourth-order valence-electron chi connectivity index (χ4n) is 3.10. The van der Waals surface area contributed by atoms with Gasteiger partial charge in [0.2, 0.25) is 0 Å². The van der Waals surface area contributed by atoms with E-state index in [1.165, 1.54) is 17.7 Å². The number of nitrogens with zero attached hydrogens (tertiary/aromatic N) is 2. The van der Waals surface area contributed by atoms with Gasteiger partial charge in [-0.25, -0.2) is 0 Å². The van der Waals surface area contributed by atoms with Crippen LogP contribution in [-0.2, 0) is 0 Å². The second-order valence-corrected chi connectivity index (χ2v) is 7.22. The SMILES string of the molecule is C\C=C/C=C(\C=C\CN1CCN(C)C(c2ccc(Cl)c(C)c2)C1)C(F)(F)F. The molecule has 0 N–H and O–H groups in total. The van der Waals surface area contributed by atoms with Gasteiger partial charge in [-0.15, -0.1) is 0 Å². The minimum atomic E-state index is -4.35. The summed E-state index contributed by atoms with van der Waals surface area (Å²) in [5.74, 6) is 0. The van der Waals surface area contributed by atoms with Gasteiger partial charge >= 0.3 is 6.18 Å². The lowest BCUT2D eigenvalue weighted by atomic mass is 10.0. The lowest BCUT2D eigenvalue weighted by Crippen LogP contribution is -2.46. The molecule has 1 fully saturated rings. The van der Waals surface area contributed by atoms with Crippen molar-refractivity contribution in [1.29, 1.82) is 0 Å². The van der Waals surface area contributed by atoms with Crippen LogP contribution in [0.5, 0.6) is 0 Å². The standard InChI is InChI=1S/C21H26ClF3N2/c1-4-5-7-18(21(23,24)25)8-6-11-27-13-12-26(3)20(15-27)17-9-10-19(22)16(2)14-17/h4-10,14,20H,11-13,15H2,1-3H3/b5-4-,8-6+,18-7+. The Balaban J connectivity index is 2.06. The van der Waals surface area contributed by atoms with Crippen molar-refractivity contribution in [2.24, 2.45) is 0 Å². The number of aryl methyl sites for hydroxylation is 1. The summed E-state index contributed by atoms with van der Waals surface area (Å²) in [7, 11) is 2.07. The number of alkyl halides is 3. The van der Waals surface area contributed by atoms with Crippen LogP contribution in [0, 0.1) is 6.92 Å². The summed E-state index contributed by atoms with van der Waals surface area (Å²) in [6, 6.07) is 6.21. The molecular formula is C21H26ClF3N2. The van der Waals surface area contributed by atoms with E-state index in [9.17, 15) is 13.2 Å². The Morgan fingerprint density at radius 2 is 2.04 bits per heavy atom. The van der Waals surface area contributed by atoms with Crippen molar-refractivity contribution in [3.63, 3.8) is 0 Å². The molecule has 0 aromatic heterocycles. The van der Waals surface area contributed by atoms with Gasteiger partial charge in [0, 0.05) is 37.2 Å². The van der Waals surface area contributed by atoms with Gasteiger partial charge in [-0.05, 0) is 38.1 Å². The third-order valence-corrected chi connectivity index (χ3v) is 5.18. The molecule has 1 aliphatic heterocycles. The molecule has 0 amide bonds. The molecule has 0 bridgehead atoms. The summed E-state index contributed by atoms with van der Waals surface area (Å²) in [4.78, 5) is 4.45. The monoisotopic (exact) mass is 398 g/mol. The first-order valence-corrected chi connectivity index (χ1v) is 9.35. The van der Waals surface area contributed by atoms with E-state index in [4.69, 9.17) is 11.6 Å². The number of allylic oxidation sites excluding steroid dienone is 5. The number of piperazine rings is 1. The van der Waals surface area contributed by atoms with Crippen molar-refractivity contribution in [3.05, 3.63) is 70.3 Å². The van der Waals surface area contributed by atoms with E-state index in [0.717, 1.165) is 36.3 Å². The molecule has 2 nitrogen and oxygen atoms in total. The number of hydrogen-bond donors (Lipinski definition) is 0. The molecular weight excluding hydrogens is 373 g/mol. The summed E-state index contributed by atoms with van der Waals surface area (Å²) < 4.78 is 39.1. The van der Waals surface area contributed by atoms with Crippen molar-refractivity contribution in [3.8, 4) is 0 Å². The molecule has 2 rings (SSSR count). The molecule has 1 aliphatic rings. The molecule has 1 atom stereocenters. The third-order valence-electron chi connectivity index (χ3n) is 4.76. The van der Waals surface area contributed by atoms with Crippen LogP contribution >= 0.6 is 11.6 Å². The average molecular weight is 399 g/mol. The van der Waals surface area contributed by atoms with Gasteiger partial charge in [0.05, 0.1) is 5.57 Å². The van der Waals surface area contributed by atoms with Crippen LogP contribution in [0.2, 0.25) is 5.02 Å². The van der Waals surface area contributed by atoms with Crippen LogP contribution in [0.1, 0.15) is 24.1 Å². The molecule has 148 valence electrons. The fraction of sp³-hybridized carbons (Fsp3) is 0.429. The number of benzene rings is 1. The maximum Gasteiger partial charge on any atom is 0.416 e. The summed E-state index contributed by atoms with van der Waals surface area (Å²) in [6.45, 7) is 6.61. The van der Waals surface area contributed by atoms with Crippen molar-refractivity contribution in [2.75, 3.05) is 33.2 Å². The highest BCUT2D eigenvalue weighted by Gasteiger charge is 2.31. The Bertz CT molecular complexity index is 723. The minimum absolute atomic E-state index is 0.198. The van der Waals surface area contributed by atoms with Crippen LogP contribution in [0.25, 0.3) is 0 Å². The number of likely N-dealkylation sites (N-methyl/N-ethyl adjacent to an activating group) is 1. The molecule has 1 saturated heterocycles. The summed E-state index contributed by atoms with van der Waals surface area (Å²) in [5, 5.41) is 0.740. The topological polar surface area (TPSA) is 6.48 Å². The van der Waals surface area contributed by atoms with E-state index in [0.29, 0.717) is 6.54 Å². The van der Waals surface area contributed by atoms with Crippen LogP contribution in [0.15, 0.2) is 54.2 Å². The second-order valence-electron chi connectivity index (χ2n) is 6.81. The molecule has 1 aromatic rings. The molecule has 1 aromatic carbocycles. The van der Waals surface area contributed by atoms with Gasteiger partial charge in [-0.1, -0.05) is 54.1 Å². The molecule has 0 spiro atoms. The zero-order valence-corrected chi connectivity index (χ0v) is 16.7. The zero-order chi connectivity index (χ0) is 20.0. The maximum absolute atomic E-state index is 13.0. The smallest absolute Gasteiger partial charge is 0.297 e. The minimum Gasteiger partial charge on any atom is -0.297 e. The molecule has 0 aliphatic carbocycles. The predicted octanol–water partition coefficient (Wildman–Crippen LogP) is 5.56. The van der Waals surface area contributed by atoms with Crippen LogP contribution in [0.4, 0.5) is 13.2 Å². The molecule has 6 heteroatoms. The Kier molecular flexibility index (Phi) is 7.71. The van der Waals surface area contributed by atoms with E-state index < -0.39 is 11.7 Å². The Hall–Kier alpha value is -1.56. The van der Waals surface area contributed by atoms with Gasteiger partial charge in [-0.3, -0.25) is 9.80 Å². The van der Waals surface area contributed by atoms with E-state index in [1.54, 1.807) is 19.1 Å². The summed E-state index contributed by atoms with van der Waals surface area (Å²) in [5.41, 5.74) is 1.57. The average Bonchev–Trinajstić information content (AvgIpc) is 2.60. The molecule has 1 unspecified atom stereocenters. The van der Waals surface area contributed by atoms with E-state index in [-0.39, 0.29) is 6.04 Å². The van der Waals surface area contributed by atoms with Crippen LogP contribution in [-0.4, -0.2) is 49.2 Å². The number of rotatable bonds is 5. The van der Waals surface area contributed by atoms with Crippen LogP contribution in [0.3, 0.4) is 0 Å². The fourth-order valence-corrected chi connectivity index (χ4v) is 3.22. The number of halogens is 4. The Morgan fingerprint density at radius 3 is 2.67 bits per heavy atom. The van der Waals surface area contributed by atoms with E-state index in [1.807, 2.05) is 19.1 Å². The Morgan fingerprint density at radius 1 is 1.30 bits per heavy atom. The second kappa shape index (κ2) is 9.58. The normalized spacial score (nSPS) is 20.9. The highest BCUT2D eigenvalue weighted by Crippen LogP contribution is 2.28. The van der Waals surface area contributed by atoms with Gasteiger partial charge < -0.3 is 0 Å². The largest absolute Gasteiger partial charge is 0.416 e. The molecule has 0 saturated carbocycles. The maximum atomic E-state index is 13.0. The highest BCUT2D eigenvalue weighted by molar-refractivity contribution is 6.31. The molecule has 1 heterocycles. The predicted molar refractivity (Wildman–Crippen MR) is 106 cm³/mol. The third kappa shape index (κ3) is 6.23. The first-order chi connectivity index (χ1) is 12.7. The van der Waals surface area contributed by atoms with Crippen molar-refractivity contribution in [1.82, 2.24) is 9.80 Å². The first-order valence-electron chi connectivity index (χ1n) is 8.97. The number of hydrogen-bond acceptors (Lipinski definition) is 2. The first kappa shape index (κ1) is 21.7. The Labute approximate surface area is 164 Å². The van der Waals surface area contributed by atoms with Gasteiger partial charge in [0.15, 0.2) is 0 Å². The van der Waals surface area contributed by atoms with Gasteiger partial charge in [0.1, 0.15) is 0 Å². The molecule has 0 radical (unpaired) electrons. The molecule has 27 heavy (non-hydrogen) atoms.